The summed E-state index contributed by atoms with van der Waals surface area (Å²) in [6.07, 6.45) is 1.18. The van der Waals surface area contributed by atoms with Crippen molar-refractivity contribution in [2.24, 2.45) is 0 Å². The van der Waals surface area contributed by atoms with Crippen LogP contribution in [-0.4, -0.2) is 23.3 Å². The first-order valence-electron chi connectivity index (χ1n) is 5.79. The van der Waals surface area contributed by atoms with Crippen LogP contribution in [0.25, 0.3) is 10.9 Å². The molecule has 0 spiro atoms. The van der Waals surface area contributed by atoms with Gasteiger partial charge in [-0.1, -0.05) is 16.3 Å². The normalized spacial score (nSPS) is 11.9. The van der Waals surface area contributed by atoms with Crippen LogP contribution in [0.1, 0.15) is 0 Å². The Bertz CT molecular complexity index is 1100. The first kappa shape index (κ1) is 14.4. The molecule has 0 unspecified atom stereocenters. The number of benzene rings is 1. The molecular weight excluding hydrogens is 336 g/mol. The van der Waals surface area contributed by atoms with Crippen LogP contribution in [0.2, 0.25) is 5.02 Å². The minimum absolute atomic E-state index is 0.113. The maximum atomic E-state index is 12.5. The van der Waals surface area contributed by atoms with E-state index in [4.69, 9.17) is 16.0 Å². The maximum absolute atomic E-state index is 12.5. The van der Waals surface area contributed by atoms with E-state index in [0.717, 1.165) is 6.07 Å². The van der Waals surface area contributed by atoms with Crippen molar-refractivity contribution in [2.75, 3.05) is 0 Å². The number of H-pyrrole nitrogens is 1. The topological polar surface area (TPSA) is 122 Å². The summed E-state index contributed by atoms with van der Waals surface area (Å²) in [5, 5.41) is 8.55. The van der Waals surface area contributed by atoms with Crippen molar-refractivity contribution in [3.63, 3.8) is 0 Å². The Morgan fingerprint density at radius 2 is 1.95 bits per heavy atom. The van der Waals surface area contributed by atoms with Crippen LogP contribution in [0.4, 0.5) is 0 Å². The molecule has 2 aromatic heterocycles. The lowest BCUT2D eigenvalue weighted by Gasteiger charge is -2.07. The fourth-order valence-electron chi connectivity index (χ4n) is 2.00. The van der Waals surface area contributed by atoms with Crippen molar-refractivity contribution in [3.8, 4) is 0 Å². The highest BCUT2D eigenvalue weighted by atomic mass is 35.5. The predicted octanol–water partition coefficient (Wildman–Crippen LogP) is 1.01. The second-order valence-corrected chi connectivity index (χ2v) is 6.53. The van der Waals surface area contributed by atoms with Crippen molar-refractivity contribution < 1.29 is 18.0 Å². The number of sulfone groups is 1. The zero-order valence-corrected chi connectivity index (χ0v) is 12.2. The Morgan fingerprint density at radius 3 is 2.59 bits per heavy atom. The minimum Gasteiger partial charge on any atom is -0.453 e. The highest BCUT2D eigenvalue weighted by molar-refractivity contribution is 7.91. The van der Waals surface area contributed by atoms with Crippen LogP contribution in [0.15, 0.2) is 54.5 Å². The molecule has 114 valence electrons. The Morgan fingerprint density at radius 1 is 1.23 bits per heavy atom. The molecule has 2 heterocycles. The second kappa shape index (κ2) is 4.75. The maximum Gasteiger partial charge on any atom is 0.362 e. The standard InChI is InChI=1S/C12H7ClN2O6S/c13-6-3-4-7(22(19,20)8-2-1-5-21-8)10-9(6)11(16)15(18)12(17)14-10/h1-5,18H,(H,14,17). The Hall–Kier alpha value is -2.52. The summed E-state index contributed by atoms with van der Waals surface area (Å²) >= 11 is 5.87. The number of rotatable bonds is 2. The molecule has 3 rings (SSSR count). The summed E-state index contributed by atoms with van der Waals surface area (Å²) in [6, 6.07) is 4.93. The van der Waals surface area contributed by atoms with Gasteiger partial charge in [-0.25, -0.2) is 13.2 Å². The van der Waals surface area contributed by atoms with Crippen molar-refractivity contribution in [3.05, 3.63) is 56.4 Å². The van der Waals surface area contributed by atoms with Crippen LogP contribution < -0.4 is 11.2 Å². The van der Waals surface area contributed by atoms with Gasteiger partial charge in [-0.05, 0) is 24.3 Å². The number of hydrogen-bond donors (Lipinski definition) is 2. The first-order valence-corrected chi connectivity index (χ1v) is 7.65. The molecule has 0 saturated heterocycles. The summed E-state index contributed by atoms with van der Waals surface area (Å²) in [5.41, 5.74) is -2.61. The van der Waals surface area contributed by atoms with Crippen molar-refractivity contribution >= 4 is 32.3 Å². The number of aromatic nitrogens is 2. The van der Waals surface area contributed by atoms with Gasteiger partial charge in [-0.3, -0.25) is 4.79 Å². The van der Waals surface area contributed by atoms with Gasteiger partial charge >= 0.3 is 5.69 Å². The molecule has 8 nitrogen and oxygen atoms in total. The molecule has 3 aromatic rings. The zero-order valence-electron chi connectivity index (χ0n) is 10.6. The number of nitrogens with zero attached hydrogens (tertiary/aromatic N) is 1. The minimum atomic E-state index is -4.11. The average Bonchev–Trinajstić information content (AvgIpc) is 2.99. The lowest BCUT2D eigenvalue weighted by molar-refractivity contribution is 0.162. The fourth-order valence-corrected chi connectivity index (χ4v) is 3.56. The van der Waals surface area contributed by atoms with Gasteiger partial charge in [0.2, 0.25) is 14.9 Å². The molecular formula is C12H7ClN2O6S. The molecule has 22 heavy (non-hydrogen) atoms. The summed E-state index contributed by atoms with van der Waals surface area (Å²) < 4.78 is 29.7. The fraction of sp³-hybridized carbons (Fsp3) is 0. The molecule has 0 aliphatic carbocycles. The summed E-state index contributed by atoms with van der Waals surface area (Å²) in [6.45, 7) is 0. The second-order valence-electron chi connectivity index (χ2n) is 4.28. The van der Waals surface area contributed by atoms with E-state index in [2.05, 4.69) is 4.98 Å². The number of fused-ring (bicyclic) bond motifs is 1. The number of aromatic amines is 1. The van der Waals surface area contributed by atoms with E-state index in [-0.39, 0.29) is 30.6 Å². The van der Waals surface area contributed by atoms with E-state index in [0.29, 0.717) is 0 Å². The first-order chi connectivity index (χ1) is 10.3. The smallest absolute Gasteiger partial charge is 0.362 e. The number of halogens is 1. The monoisotopic (exact) mass is 342 g/mol. The van der Waals surface area contributed by atoms with E-state index >= 15 is 0 Å². The molecule has 1 aromatic carbocycles. The molecule has 10 heteroatoms. The van der Waals surface area contributed by atoms with Gasteiger partial charge in [-0.15, -0.1) is 0 Å². The van der Waals surface area contributed by atoms with Gasteiger partial charge in [0.15, 0.2) is 0 Å². The molecule has 0 fully saturated rings. The van der Waals surface area contributed by atoms with Gasteiger partial charge in [0.05, 0.1) is 27.1 Å². The van der Waals surface area contributed by atoms with Crippen molar-refractivity contribution in [1.29, 1.82) is 0 Å². The van der Waals surface area contributed by atoms with E-state index in [9.17, 15) is 23.2 Å². The largest absolute Gasteiger partial charge is 0.453 e. The Kier molecular flexibility index (Phi) is 3.11. The third-order valence-electron chi connectivity index (χ3n) is 3.00. The third kappa shape index (κ3) is 1.94. The quantitative estimate of drug-likeness (QED) is 0.670. The lowest BCUT2D eigenvalue weighted by Crippen LogP contribution is -2.33. The van der Waals surface area contributed by atoms with E-state index in [1.165, 1.54) is 24.5 Å². The van der Waals surface area contributed by atoms with Gasteiger partial charge in [0.1, 0.15) is 0 Å². The van der Waals surface area contributed by atoms with Crippen LogP contribution in [0.3, 0.4) is 0 Å². The van der Waals surface area contributed by atoms with Gasteiger partial charge in [0, 0.05) is 0 Å². The van der Waals surface area contributed by atoms with E-state index in [1.54, 1.807) is 0 Å². The molecule has 0 bridgehead atoms. The van der Waals surface area contributed by atoms with E-state index < -0.39 is 21.1 Å². The molecule has 0 aliphatic rings. The predicted molar refractivity (Wildman–Crippen MR) is 75.2 cm³/mol. The van der Waals surface area contributed by atoms with Crippen LogP contribution in [-0.2, 0) is 9.84 Å². The average molecular weight is 343 g/mol. The lowest BCUT2D eigenvalue weighted by atomic mass is 10.2. The van der Waals surface area contributed by atoms with Gasteiger partial charge < -0.3 is 14.6 Å². The molecule has 2 N–H and O–H groups in total. The number of nitrogens with one attached hydrogen (secondary N) is 1. The molecule has 0 saturated carbocycles. The zero-order chi connectivity index (χ0) is 16.1. The van der Waals surface area contributed by atoms with E-state index in [1.807, 2.05) is 0 Å². The molecule has 0 aliphatic heterocycles. The summed E-state index contributed by atoms with van der Waals surface area (Å²) in [5.74, 6) is 0. The third-order valence-corrected chi connectivity index (χ3v) is 4.99. The highest BCUT2D eigenvalue weighted by Gasteiger charge is 2.26. The van der Waals surface area contributed by atoms with Crippen molar-refractivity contribution in [1.82, 2.24) is 9.71 Å². The summed E-state index contributed by atoms with van der Waals surface area (Å²) in [7, 11) is -4.11. The van der Waals surface area contributed by atoms with Gasteiger partial charge in [-0.2, -0.15) is 0 Å². The molecule has 0 radical (unpaired) electrons. The summed E-state index contributed by atoms with van der Waals surface area (Å²) in [4.78, 5) is 25.2. The highest BCUT2D eigenvalue weighted by Crippen LogP contribution is 2.29. The van der Waals surface area contributed by atoms with Crippen LogP contribution in [0.5, 0.6) is 0 Å². The SMILES string of the molecule is O=c1[nH]c2c(S(=O)(=O)c3ccco3)ccc(Cl)c2c(=O)n1O. The molecule has 0 amide bonds. The Labute approximate surface area is 127 Å². The van der Waals surface area contributed by atoms with Crippen LogP contribution >= 0.6 is 11.6 Å². The number of furan rings is 1. The van der Waals surface area contributed by atoms with Crippen LogP contribution in [0, 0.1) is 0 Å². The van der Waals surface area contributed by atoms with Crippen molar-refractivity contribution in [2.45, 2.75) is 9.99 Å². The number of hydrogen-bond acceptors (Lipinski definition) is 6. The molecule has 0 atom stereocenters. The van der Waals surface area contributed by atoms with Gasteiger partial charge in [0.25, 0.3) is 5.56 Å². The Balaban J connectivity index is 2.51.